The second-order valence-corrected chi connectivity index (χ2v) is 10.0. The largest absolute Gasteiger partial charge is 0.465 e. The molecule has 2 heterocycles. The number of esters is 2. The summed E-state index contributed by atoms with van der Waals surface area (Å²) in [6.07, 6.45) is 2.15. The zero-order valence-electron chi connectivity index (χ0n) is 19.6. The molecule has 1 unspecified atom stereocenters. The van der Waals surface area contributed by atoms with Gasteiger partial charge in [0.2, 0.25) is 5.91 Å². The average molecular weight is 508 g/mol. The number of thiazole rings is 1. The van der Waals surface area contributed by atoms with Gasteiger partial charge in [-0.15, -0.1) is 11.8 Å². The molecule has 0 radical (unpaired) electrons. The quantitative estimate of drug-likeness (QED) is 0.505. The molecule has 2 amide bonds. The van der Waals surface area contributed by atoms with Crippen molar-refractivity contribution >= 4 is 57.1 Å². The monoisotopic (exact) mass is 507 g/mol. The van der Waals surface area contributed by atoms with E-state index in [1.54, 1.807) is 29.7 Å². The van der Waals surface area contributed by atoms with Gasteiger partial charge in [-0.25, -0.2) is 4.79 Å². The molecule has 1 atom stereocenters. The lowest BCUT2D eigenvalue weighted by atomic mass is 10.0. The van der Waals surface area contributed by atoms with Crippen LogP contribution < -0.4 is 4.80 Å². The fourth-order valence-electron chi connectivity index (χ4n) is 3.76. The highest BCUT2D eigenvalue weighted by Crippen LogP contribution is 2.20. The number of ether oxygens (including phenoxy) is 2. The summed E-state index contributed by atoms with van der Waals surface area (Å²) in [6.45, 7) is 5.51. The highest BCUT2D eigenvalue weighted by molar-refractivity contribution is 8.00. The Labute approximate surface area is 206 Å². The Hall–Kier alpha value is -2.66. The normalized spacial score (nSPS) is 16.5. The number of hydrogen-bond donors (Lipinski definition) is 0. The maximum Gasteiger partial charge on any atom is 0.337 e. The standard InChI is InChI=1S/C23H29N3O6S2/c1-4-32-21(29)12-26-17-8-7-16(22(30)31-3)10-18(17)34-23(26)24-19(27)13-33-14-20(28)25-9-5-6-15(2)11-25/h7-8,10,15H,4-6,9,11-14H2,1-3H3. The third kappa shape index (κ3) is 6.69. The molecule has 1 saturated heterocycles. The number of carbonyl (C=O) groups excluding carboxylic acids is 4. The van der Waals surface area contributed by atoms with E-state index in [-0.39, 0.29) is 30.6 Å². The number of thioether (sulfide) groups is 1. The van der Waals surface area contributed by atoms with E-state index in [9.17, 15) is 19.2 Å². The summed E-state index contributed by atoms with van der Waals surface area (Å²) in [5, 5.41) is 0. The van der Waals surface area contributed by atoms with Gasteiger partial charge in [0.1, 0.15) is 6.54 Å². The maximum absolute atomic E-state index is 12.6. The lowest BCUT2D eigenvalue weighted by molar-refractivity contribution is -0.143. The van der Waals surface area contributed by atoms with Gasteiger partial charge in [0.25, 0.3) is 5.91 Å². The van der Waals surface area contributed by atoms with Crippen molar-refractivity contribution in [3.63, 3.8) is 0 Å². The molecule has 0 spiro atoms. The minimum absolute atomic E-state index is 0.0407. The zero-order chi connectivity index (χ0) is 24.7. The summed E-state index contributed by atoms with van der Waals surface area (Å²) in [5.74, 6) is -0.514. The van der Waals surface area contributed by atoms with Crippen molar-refractivity contribution in [3.05, 3.63) is 28.6 Å². The van der Waals surface area contributed by atoms with Crippen LogP contribution in [0.25, 0.3) is 10.2 Å². The van der Waals surface area contributed by atoms with Crippen LogP contribution in [0.15, 0.2) is 23.2 Å². The Morgan fingerprint density at radius 1 is 1.24 bits per heavy atom. The predicted octanol–water partition coefficient (Wildman–Crippen LogP) is 2.47. The lowest BCUT2D eigenvalue weighted by Crippen LogP contribution is -2.40. The Kier molecular flexibility index (Phi) is 9.28. The Morgan fingerprint density at radius 2 is 2.03 bits per heavy atom. The molecule has 1 aromatic heterocycles. The highest BCUT2D eigenvalue weighted by Gasteiger charge is 2.21. The van der Waals surface area contributed by atoms with Crippen molar-refractivity contribution in [2.45, 2.75) is 33.2 Å². The average Bonchev–Trinajstić information content (AvgIpc) is 3.14. The molecular weight excluding hydrogens is 478 g/mol. The number of nitrogens with zero attached hydrogens (tertiary/aromatic N) is 3. The smallest absolute Gasteiger partial charge is 0.337 e. The van der Waals surface area contributed by atoms with E-state index in [0.717, 1.165) is 25.9 Å². The van der Waals surface area contributed by atoms with Crippen molar-refractivity contribution in [3.8, 4) is 0 Å². The fraction of sp³-hybridized carbons (Fsp3) is 0.522. The Balaban J connectivity index is 1.76. The lowest BCUT2D eigenvalue weighted by Gasteiger charge is -2.30. The number of hydrogen-bond acceptors (Lipinski definition) is 8. The van der Waals surface area contributed by atoms with Gasteiger partial charge in [-0.2, -0.15) is 4.99 Å². The summed E-state index contributed by atoms with van der Waals surface area (Å²) in [4.78, 5) is 55.4. The second kappa shape index (κ2) is 12.2. The predicted molar refractivity (Wildman–Crippen MR) is 131 cm³/mol. The van der Waals surface area contributed by atoms with Crippen LogP contribution in [0.3, 0.4) is 0 Å². The van der Waals surface area contributed by atoms with Gasteiger partial charge >= 0.3 is 11.9 Å². The van der Waals surface area contributed by atoms with Crippen LogP contribution >= 0.6 is 23.1 Å². The first kappa shape index (κ1) is 26.0. The highest BCUT2D eigenvalue weighted by atomic mass is 32.2. The fourth-order valence-corrected chi connectivity index (χ4v) is 5.55. The third-order valence-corrected chi connectivity index (χ3v) is 7.32. The van der Waals surface area contributed by atoms with Crippen LogP contribution in [0.4, 0.5) is 0 Å². The van der Waals surface area contributed by atoms with E-state index < -0.39 is 17.8 Å². The number of carbonyl (C=O) groups is 4. The number of methoxy groups -OCH3 is 1. The van der Waals surface area contributed by atoms with Crippen molar-refractivity contribution in [1.29, 1.82) is 0 Å². The molecule has 1 aliphatic rings. The number of benzene rings is 1. The number of amides is 2. The molecule has 3 rings (SSSR count). The van der Waals surface area contributed by atoms with Gasteiger partial charge in [0.15, 0.2) is 4.80 Å². The molecule has 34 heavy (non-hydrogen) atoms. The van der Waals surface area contributed by atoms with Crippen LogP contribution in [0.2, 0.25) is 0 Å². The van der Waals surface area contributed by atoms with Crippen molar-refractivity contribution in [2.24, 2.45) is 10.9 Å². The van der Waals surface area contributed by atoms with E-state index in [2.05, 4.69) is 11.9 Å². The molecule has 0 bridgehead atoms. The maximum atomic E-state index is 12.6. The number of piperidine rings is 1. The van der Waals surface area contributed by atoms with Gasteiger partial charge in [0, 0.05) is 13.1 Å². The first-order chi connectivity index (χ1) is 16.3. The SMILES string of the molecule is CCOC(=O)Cn1c(=NC(=O)CSCC(=O)N2CCCC(C)C2)sc2cc(C(=O)OC)ccc21. The molecule has 184 valence electrons. The van der Waals surface area contributed by atoms with Crippen molar-refractivity contribution in [2.75, 3.05) is 38.3 Å². The summed E-state index contributed by atoms with van der Waals surface area (Å²) in [7, 11) is 1.30. The molecule has 0 aliphatic carbocycles. The molecule has 0 N–H and O–H groups in total. The number of fused-ring (bicyclic) bond motifs is 1. The van der Waals surface area contributed by atoms with Crippen LogP contribution in [0, 0.1) is 5.92 Å². The summed E-state index contributed by atoms with van der Waals surface area (Å²) >= 11 is 2.43. The summed E-state index contributed by atoms with van der Waals surface area (Å²) in [6, 6.07) is 4.93. The van der Waals surface area contributed by atoms with Crippen LogP contribution in [0.5, 0.6) is 0 Å². The molecule has 0 saturated carbocycles. The van der Waals surface area contributed by atoms with Gasteiger partial charge in [0.05, 0.1) is 41.0 Å². The summed E-state index contributed by atoms with van der Waals surface area (Å²) < 4.78 is 12.1. The Morgan fingerprint density at radius 3 is 2.74 bits per heavy atom. The van der Waals surface area contributed by atoms with Gasteiger partial charge < -0.3 is 18.9 Å². The van der Waals surface area contributed by atoms with Crippen LogP contribution in [-0.2, 0) is 30.4 Å². The van der Waals surface area contributed by atoms with Crippen molar-refractivity contribution < 1.29 is 28.7 Å². The van der Waals surface area contributed by atoms with Crippen LogP contribution in [-0.4, -0.2) is 71.5 Å². The molecular formula is C23H29N3O6S2. The topological polar surface area (TPSA) is 107 Å². The molecule has 11 heteroatoms. The van der Waals surface area contributed by atoms with Crippen molar-refractivity contribution in [1.82, 2.24) is 9.47 Å². The zero-order valence-corrected chi connectivity index (χ0v) is 21.2. The van der Waals surface area contributed by atoms with Gasteiger partial charge in [-0.05, 0) is 43.9 Å². The van der Waals surface area contributed by atoms with E-state index >= 15 is 0 Å². The first-order valence-corrected chi connectivity index (χ1v) is 13.1. The van der Waals surface area contributed by atoms with Gasteiger partial charge in [-0.3, -0.25) is 14.4 Å². The molecule has 1 fully saturated rings. The Bertz CT molecular complexity index is 1140. The van der Waals surface area contributed by atoms with E-state index in [4.69, 9.17) is 9.47 Å². The van der Waals surface area contributed by atoms with Gasteiger partial charge in [-0.1, -0.05) is 18.3 Å². The minimum Gasteiger partial charge on any atom is -0.465 e. The molecule has 2 aromatic rings. The number of aromatic nitrogens is 1. The first-order valence-electron chi connectivity index (χ1n) is 11.1. The third-order valence-electron chi connectivity index (χ3n) is 5.38. The summed E-state index contributed by atoms with van der Waals surface area (Å²) in [5.41, 5.74) is 1.01. The molecule has 9 nitrogen and oxygen atoms in total. The van der Waals surface area contributed by atoms with E-state index in [1.807, 2.05) is 4.90 Å². The van der Waals surface area contributed by atoms with E-state index in [0.29, 0.717) is 26.5 Å². The molecule has 1 aromatic carbocycles. The second-order valence-electron chi connectivity index (χ2n) is 8.04. The number of rotatable bonds is 8. The minimum atomic E-state index is -0.481. The number of likely N-dealkylation sites (tertiary alicyclic amines) is 1. The van der Waals surface area contributed by atoms with Crippen LogP contribution in [0.1, 0.15) is 37.0 Å². The van der Waals surface area contributed by atoms with E-state index in [1.165, 1.54) is 30.2 Å². The molecule has 1 aliphatic heterocycles.